The van der Waals surface area contributed by atoms with Crippen LogP contribution in [-0.2, 0) is 38.0 Å². The molecule has 1 aliphatic heterocycles. The molecule has 1 N–H and O–H groups in total. The van der Waals surface area contributed by atoms with Gasteiger partial charge in [0.25, 0.3) is 0 Å². The molecule has 0 amide bonds. The lowest BCUT2D eigenvalue weighted by molar-refractivity contribution is -0.167. The Morgan fingerprint density at radius 3 is 1.44 bits per heavy atom. The predicted octanol–water partition coefficient (Wildman–Crippen LogP) is 9.96. The molecule has 296 valence electrons. The third-order valence-electron chi connectivity index (χ3n) is 9.81. The molecule has 1 heterocycles. The number of carbonyl (C=O) groups is 1. The highest BCUT2D eigenvalue weighted by Crippen LogP contribution is 2.24. The van der Waals surface area contributed by atoms with Crippen molar-refractivity contribution in [1.82, 2.24) is 0 Å². The number of hydrogen-bond donors (Lipinski definition) is 1. The number of unbranched alkanes of at least 4 members (excludes halogenated alkanes) is 18. The number of carbonyl (C=O) groups excluding carboxylic acids is 1. The van der Waals surface area contributed by atoms with Gasteiger partial charge in [-0.15, -0.1) is 0 Å². The summed E-state index contributed by atoms with van der Waals surface area (Å²) in [6.45, 7) is 4.74. The number of cyclic esters (lactones) is 1. The Morgan fingerprint density at radius 2 is 0.980 bits per heavy atom. The maximum absolute atomic E-state index is 11.7. The normalized spacial score (nSPS) is 17.1. The van der Waals surface area contributed by atoms with E-state index >= 15 is 0 Å². The fourth-order valence-electron chi connectivity index (χ4n) is 6.85. The zero-order valence-corrected chi connectivity index (χ0v) is 33.0. The van der Waals surface area contributed by atoms with E-state index in [1.165, 1.54) is 103 Å². The molecule has 50 heavy (non-hydrogen) atoms. The monoisotopic (exact) mass is 715 g/mol. The van der Waals surface area contributed by atoms with Crippen LogP contribution in [-0.4, -0.2) is 83.3 Å². The van der Waals surface area contributed by atoms with E-state index in [0.29, 0.717) is 19.3 Å². The molecule has 0 fully saturated rings. The molecule has 9 heteroatoms. The summed E-state index contributed by atoms with van der Waals surface area (Å²) < 4.78 is 39.2. The lowest BCUT2D eigenvalue weighted by atomic mass is 9.96. The summed E-state index contributed by atoms with van der Waals surface area (Å²) in [7, 11) is 4.90. The van der Waals surface area contributed by atoms with E-state index < -0.39 is 6.10 Å². The predicted molar refractivity (Wildman–Crippen MR) is 201 cm³/mol. The van der Waals surface area contributed by atoms with Crippen LogP contribution in [0, 0.1) is 0 Å². The first-order valence-electron chi connectivity index (χ1n) is 20.4. The largest absolute Gasteiger partial charge is 0.455 e. The van der Waals surface area contributed by atoms with Gasteiger partial charge in [0, 0.05) is 26.9 Å². The molecule has 0 unspecified atom stereocenters. The minimum Gasteiger partial charge on any atom is -0.455 e. The number of ether oxygens (including phenoxy) is 7. The van der Waals surface area contributed by atoms with Crippen LogP contribution in [0.2, 0.25) is 0 Å². The van der Waals surface area contributed by atoms with E-state index in [1.54, 1.807) is 21.3 Å². The second kappa shape index (κ2) is 33.7. The molecule has 0 bridgehead atoms. The van der Waals surface area contributed by atoms with Gasteiger partial charge in [0.05, 0.1) is 24.4 Å². The quantitative estimate of drug-likeness (QED) is 0.0380. The van der Waals surface area contributed by atoms with Crippen LogP contribution in [0.5, 0.6) is 0 Å². The lowest BCUT2D eigenvalue weighted by Crippen LogP contribution is -2.36. The second-order valence-electron chi connectivity index (χ2n) is 14.3. The number of rotatable bonds is 38. The third-order valence-corrected chi connectivity index (χ3v) is 9.81. The Bertz CT molecular complexity index is 792. The van der Waals surface area contributed by atoms with Crippen LogP contribution >= 0.6 is 0 Å². The molecular weight excluding hydrogens is 636 g/mol. The van der Waals surface area contributed by atoms with Crippen molar-refractivity contribution < 1.29 is 43.1 Å². The fraction of sp³-hybridized carbons (Fsp3) is 0.927. The van der Waals surface area contributed by atoms with Crippen LogP contribution in [0.4, 0.5) is 0 Å². The van der Waals surface area contributed by atoms with Gasteiger partial charge in [-0.2, -0.15) is 0 Å². The molecule has 0 radical (unpaired) electrons. The minimum atomic E-state index is -0.557. The van der Waals surface area contributed by atoms with Crippen molar-refractivity contribution in [3.8, 4) is 0 Å². The SMILES string of the molecule is CCCCCCCCCCCC[C@H](OCOC)[C@H](CC[C@@H](OCOC)[C@H](O)CCCCCCCCCCCCC1=C[C@H](C)OC1=O)OCOC. The van der Waals surface area contributed by atoms with E-state index in [4.69, 9.17) is 33.2 Å². The van der Waals surface area contributed by atoms with E-state index in [-0.39, 0.29) is 50.8 Å². The highest BCUT2D eigenvalue weighted by molar-refractivity contribution is 5.90. The van der Waals surface area contributed by atoms with Crippen LogP contribution in [0.1, 0.15) is 174 Å². The van der Waals surface area contributed by atoms with Crippen molar-refractivity contribution in [3.05, 3.63) is 11.6 Å². The Labute approximate surface area is 306 Å². The van der Waals surface area contributed by atoms with Gasteiger partial charge in [-0.1, -0.05) is 129 Å². The first-order valence-corrected chi connectivity index (χ1v) is 20.4. The van der Waals surface area contributed by atoms with Gasteiger partial charge in [0.2, 0.25) is 0 Å². The van der Waals surface area contributed by atoms with E-state index in [9.17, 15) is 9.90 Å². The van der Waals surface area contributed by atoms with E-state index in [1.807, 2.05) is 13.0 Å². The van der Waals surface area contributed by atoms with Gasteiger partial charge in [-0.05, 0) is 51.5 Å². The summed E-state index contributed by atoms with van der Waals surface area (Å²) >= 11 is 0. The van der Waals surface area contributed by atoms with Crippen molar-refractivity contribution >= 4 is 5.97 Å². The smallest absolute Gasteiger partial charge is 0.334 e. The fourth-order valence-corrected chi connectivity index (χ4v) is 6.85. The zero-order chi connectivity index (χ0) is 36.5. The summed E-state index contributed by atoms with van der Waals surface area (Å²) in [5.74, 6) is -0.129. The number of aliphatic hydroxyl groups is 1. The second-order valence-corrected chi connectivity index (χ2v) is 14.3. The van der Waals surface area contributed by atoms with Crippen LogP contribution in [0.15, 0.2) is 11.6 Å². The molecule has 0 aromatic rings. The van der Waals surface area contributed by atoms with Crippen molar-refractivity contribution in [2.45, 2.75) is 205 Å². The third kappa shape index (κ3) is 25.0. The standard InChI is InChI=1S/C41H78O9/c1-6-7-8-9-10-11-16-19-22-25-28-39(48-33-45-4)40(49-34-46-5)30-29-38(47-32-44-3)37(42)27-24-21-18-15-13-12-14-17-20-23-26-36-31-35(2)50-41(36)43/h31,35,37-40,42H,6-30,32-34H2,1-5H3/t35-,37+,38+,39-,40-/m0/s1. The Hall–Kier alpha value is -1.07. The summed E-state index contributed by atoms with van der Waals surface area (Å²) in [6, 6.07) is 0. The summed E-state index contributed by atoms with van der Waals surface area (Å²) in [5, 5.41) is 11.1. The summed E-state index contributed by atoms with van der Waals surface area (Å²) in [5.41, 5.74) is 0.857. The van der Waals surface area contributed by atoms with Crippen molar-refractivity contribution in [3.63, 3.8) is 0 Å². The highest BCUT2D eigenvalue weighted by atomic mass is 16.7. The number of methoxy groups -OCH3 is 3. The molecular formula is C41H78O9. The van der Waals surface area contributed by atoms with Crippen LogP contribution in [0.25, 0.3) is 0 Å². The maximum atomic E-state index is 11.7. The molecule has 5 atom stereocenters. The van der Waals surface area contributed by atoms with Crippen LogP contribution < -0.4 is 0 Å². The maximum Gasteiger partial charge on any atom is 0.334 e. The van der Waals surface area contributed by atoms with Gasteiger partial charge in [-0.3, -0.25) is 0 Å². The van der Waals surface area contributed by atoms with E-state index in [2.05, 4.69) is 6.92 Å². The molecule has 0 aromatic heterocycles. The number of hydrogen-bond acceptors (Lipinski definition) is 9. The van der Waals surface area contributed by atoms with Crippen molar-refractivity contribution in [1.29, 1.82) is 0 Å². The summed E-state index contributed by atoms with van der Waals surface area (Å²) in [6.07, 6.45) is 29.2. The molecule has 0 aromatic carbocycles. The topological polar surface area (TPSA) is 102 Å². The van der Waals surface area contributed by atoms with Gasteiger partial charge in [0.1, 0.15) is 26.5 Å². The number of aliphatic hydroxyl groups excluding tert-OH is 1. The molecule has 0 spiro atoms. The average Bonchev–Trinajstić information content (AvgIpc) is 3.44. The number of esters is 1. The Balaban J connectivity index is 2.35. The lowest BCUT2D eigenvalue weighted by Gasteiger charge is -2.30. The average molecular weight is 715 g/mol. The minimum absolute atomic E-state index is 0.0610. The van der Waals surface area contributed by atoms with E-state index in [0.717, 1.165) is 44.1 Å². The molecule has 1 rings (SSSR count). The first-order chi connectivity index (χ1) is 24.5. The van der Waals surface area contributed by atoms with Crippen molar-refractivity contribution in [2.75, 3.05) is 41.7 Å². The Kier molecular flexibility index (Phi) is 31.7. The van der Waals surface area contributed by atoms with Crippen LogP contribution in [0.3, 0.4) is 0 Å². The molecule has 9 nitrogen and oxygen atoms in total. The summed E-state index contributed by atoms with van der Waals surface area (Å²) in [4.78, 5) is 11.7. The first kappa shape index (κ1) is 47.0. The van der Waals surface area contributed by atoms with Gasteiger partial charge in [0.15, 0.2) is 0 Å². The molecule has 0 saturated heterocycles. The Morgan fingerprint density at radius 1 is 0.580 bits per heavy atom. The van der Waals surface area contributed by atoms with Gasteiger partial charge in [-0.25, -0.2) is 4.79 Å². The highest BCUT2D eigenvalue weighted by Gasteiger charge is 2.27. The molecule has 0 aliphatic carbocycles. The zero-order valence-electron chi connectivity index (χ0n) is 33.0. The van der Waals surface area contributed by atoms with Crippen molar-refractivity contribution in [2.24, 2.45) is 0 Å². The molecule has 0 saturated carbocycles. The van der Waals surface area contributed by atoms with Gasteiger partial charge < -0.3 is 38.3 Å². The van der Waals surface area contributed by atoms with Gasteiger partial charge >= 0.3 is 5.97 Å². The molecule has 1 aliphatic rings.